The third-order valence-corrected chi connectivity index (χ3v) is 4.42. The molecule has 22 heavy (non-hydrogen) atoms. The third-order valence-electron chi connectivity index (χ3n) is 3.58. The summed E-state index contributed by atoms with van der Waals surface area (Å²) in [5.74, 6) is 2.18. The molecule has 0 radical (unpaired) electrons. The molecule has 1 atom stereocenters. The monoisotopic (exact) mass is 373 g/mol. The van der Waals surface area contributed by atoms with Crippen LogP contribution in [0, 0.1) is 0 Å². The highest BCUT2D eigenvalue weighted by Gasteiger charge is 2.32. The largest absolute Gasteiger partial charge is 0.492 e. The Kier molecular flexibility index (Phi) is 4.30. The van der Waals surface area contributed by atoms with Gasteiger partial charge >= 0.3 is 0 Å². The number of aliphatic hydroxyl groups excluding tert-OH is 1. The van der Waals surface area contributed by atoms with Crippen LogP contribution in [-0.2, 0) is 11.3 Å². The van der Waals surface area contributed by atoms with Gasteiger partial charge in [0.1, 0.15) is 6.10 Å². The number of methoxy groups -OCH3 is 2. The highest BCUT2D eigenvalue weighted by atomic mass is 79.9. The van der Waals surface area contributed by atoms with Gasteiger partial charge in [0.25, 0.3) is 0 Å². The van der Waals surface area contributed by atoms with E-state index >= 15 is 0 Å². The lowest BCUT2D eigenvalue weighted by Gasteiger charge is -2.18. The minimum Gasteiger partial charge on any atom is -0.492 e. The molecule has 3 rings (SSSR count). The summed E-state index contributed by atoms with van der Waals surface area (Å²) in [4.78, 5) is 5.35. The van der Waals surface area contributed by atoms with Crippen molar-refractivity contribution in [2.24, 2.45) is 5.16 Å². The number of fused-ring (bicyclic) bond motifs is 1. The number of hydrogen-bond donors (Lipinski definition) is 1. The molecule has 8 heteroatoms. The van der Waals surface area contributed by atoms with E-state index < -0.39 is 0 Å². The number of nitrogens with zero attached hydrogens (tertiary/aromatic N) is 1. The second kappa shape index (κ2) is 6.21. The smallest absolute Gasteiger partial charge is 0.231 e. The molecule has 0 saturated heterocycles. The Morgan fingerprint density at radius 2 is 1.95 bits per heavy atom. The first-order valence-electron chi connectivity index (χ1n) is 6.73. The molecule has 1 aromatic rings. The number of ether oxygens (including phenoxy) is 4. The summed E-state index contributed by atoms with van der Waals surface area (Å²) in [5.41, 5.74) is 1.48. The van der Waals surface area contributed by atoms with Crippen molar-refractivity contribution in [3.05, 3.63) is 10.0 Å². The number of rotatable bonds is 5. The highest BCUT2D eigenvalue weighted by molar-refractivity contribution is 9.10. The zero-order valence-electron chi connectivity index (χ0n) is 12.2. The molecule has 2 aliphatic rings. The number of benzene rings is 1. The van der Waals surface area contributed by atoms with Crippen LogP contribution in [-0.4, -0.2) is 44.5 Å². The van der Waals surface area contributed by atoms with Crippen molar-refractivity contribution < 1.29 is 28.9 Å². The maximum Gasteiger partial charge on any atom is 0.231 e. The molecular weight excluding hydrogens is 358 g/mol. The van der Waals surface area contributed by atoms with E-state index in [1.165, 1.54) is 0 Å². The van der Waals surface area contributed by atoms with Crippen LogP contribution in [0.15, 0.2) is 9.63 Å². The molecule has 2 aliphatic heterocycles. The van der Waals surface area contributed by atoms with Crippen molar-refractivity contribution in [3.63, 3.8) is 0 Å². The average Bonchev–Trinajstić information content (AvgIpc) is 3.18. The number of oxime groups is 1. The molecule has 2 heterocycles. The van der Waals surface area contributed by atoms with Crippen molar-refractivity contribution in [1.29, 1.82) is 0 Å². The van der Waals surface area contributed by atoms with Crippen LogP contribution < -0.4 is 18.9 Å². The lowest BCUT2D eigenvalue weighted by atomic mass is 10.0. The standard InChI is InChI=1S/C14H16BrNO6/c1-18-11-9(4-8-3-7(5-17)16-22-8)10(15)12-14(13(11)19-2)21-6-20-12/h8,17H,3-6H2,1-2H3/t8-/m1/s1. The molecule has 0 aliphatic carbocycles. The van der Waals surface area contributed by atoms with Gasteiger partial charge in [-0.05, 0) is 15.9 Å². The Balaban J connectivity index is 1.97. The van der Waals surface area contributed by atoms with Crippen LogP contribution in [0.2, 0.25) is 0 Å². The Hall–Kier alpha value is -1.67. The van der Waals surface area contributed by atoms with Crippen molar-refractivity contribution >= 4 is 21.6 Å². The fourth-order valence-corrected chi connectivity index (χ4v) is 3.22. The van der Waals surface area contributed by atoms with Gasteiger partial charge in [-0.25, -0.2) is 0 Å². The van der Waals surface area contributed by atoms with Crippen LogP contribution in [0.1, 0.15) is 12.0 Å². The third kappa shape index (κ3) is 2.46. The Labute approximate surface area is 135 Å². The van der Waals surface area contributed by atoms with E-state index in [4.69, 9.17) is 28.9 Å². The van der Waals surface area contributed by atoms with Gasteiger partial charge in [-0.15, -0.1) is 0 Å². The minimum atomic E-state index is -0.169. The average molecular weight is 374 g/mol. The van der Waals surface area contributed by atoms with E-state index in [0.717, 1.165) is 10.0 Å². The lowest BCUT2D eigenvalue weighted by Crippen LogP contribution is -2.14. The van der Waals surface area contributed by atoms with Gasteiger partial charge in [-0.1, -0.05) is 5.16 Å². The summed E-state index contributed by atoms with van der Waals surface area (Å²) in [6, 6.07) is 0. The Bertz CT molecular complexity index is 618. The molecular formula is C14H16BrNO6. The molecule has 0 bridgehead atoms. The van der Waals surface area contributed by atoms with Crippen molar-refractivity contribution in [2.75, 3.05) is 27.6 Å². The van der Waals surface area contributed by atoms with Crippen LogP contribution in [0.25, 0.3) is 0 Å². The second-order valence-corrected chi connectivity index (χ2v) is 5.67. The number of halogens is 1. The van der Waals surface area contributed by atoms with Crippen molar-refractivity contribution in [2.45, 2.75) is 18.9 Å². The van der Waals surface area contributed by atoms with Gasteiger partial charge in [0.15, 0.2) is 11.5 Å². The first-order chi connectivity index (χ1) is 10.7. The Morgan fingerprint density at radius 1 is 1.23 bits per heavy atom. The zero-order valence-corrected chi connectivity index (χ0v) is 13.8. The summed E-state index contributed by atoms with van der Waals surface area (Å²) < 4.78 is 22.6. The molecule has 0 unspecified atom stereocenters. The van der Waals surface area contributed by atoms with E-state index in [2.05, 4.69) is 21.1 Å². The number of hydrogen-bond acceptors (Lipinski definition) is 7. The number of aliphatic hydroxyl groups is 1. The summed E-state index contributed by atoms with van der Waals surface area (Å²) in [6.45, 7) is 0.0356. The van der Waals surface area contributed by atoms with Crippen molar-refractivity contribution in [1.82, 2.24) is 0 Å². The van der Waals surface area contributed by atoms with E-state index in [-0.39, 0.29) is 19.5 Å². The molecule has 0 fully saturated rings. The van der Waals surface area contributed by atoms with Crippen LogP contribution in [0.5, 0.6) is 23.0 Å². The van der Waals surface area contributed by atoms with Crippen LogP contribution in [0.3, 0.4) is 0 Å². The van der Waals surface area contributed by atoms with E-state index in [1.807, 2.05) is 0 Å². The van der Waals surface area contributed by atoms with Gasteiger partial charge in [-0.3, -0.25) is 0 Å². The highest BCUT2D eigenvalue weighted by Crippen LogP contribution is 2.54. The van der Waals surface area contributed by atoms with Gasteiger partial charge in [-0.2, -0.15) is 0 Å². The summed E-state index contributed by atoms with van der Waals surface area (Å²) in [5, 5.41) is 13.0. The summed E-state index contributed by atoms with van der Waals surface area (Å²) in [7, 11) is 3.12. The van der Waals surface area contributed by atoms with Crippen LogP contribution >= 0.6 is 15.9 Å². The molecule has 0 amide bonds. The molecule has 1 aromatic carbocycles. The molecule has 120 valence electrons. The quantitative estimate of drug-likeness (QED) is 0.848. The topological polar surface area (TPSA) is 78.7 Å². The normalized spacial score (nSPS) is 18.9. The van der Waals surface area contributed by atoms with E-state index in [0.29, 0.717) is 41.6 Å². The molecule has 7 nitrogen and oxygen atoms in total. The van der Waals surface area contributed by atoms with Gasteiger partial charge in [0.2, 0.25) is 18.3 Å². The summed E-state index contributed by atoms with van der Waals surface area (Å²) >= 11 is 3.54. The first-order valence-corrected chi connectivity index (χ1v) is 7.53. The van der Waals surface area contributed by atoms with E-state index in [1.54, 1.807) is 14.2 Å². The first kappa shape index (κ1) is 15.2. The molecule has 1 N–H and O–H groups in total. The second-order valence-electron chi connectivity index (χ2n) is 4.88. The van der Waals surface area contributed by atoms with Crippen molar-refractivity contribution in [3.8, 4) is 23.0 Å². The maximum atomic E-state index is 9.11. The maximum absolute atomic E-state index is 9.11. The Morgan fingerprint density at radius 3 is 2.59 bits per heavy atom. The molecule has 0 spiro atoms. The van der Waals surface area contributed by atoms with Gasteiger partial charge in [0.05, 0.1) is 31.0 Å². The summed E-state index contributed by atoms with van der Waals surface area (Å²) in [6.07, 6.45) is 0.935. The predicted octanol–water partition coefficient (Wildman–Crippen LogP) is 1.87. The predicted molar refractivity (Wildman–Crippen MR) is 81.1 cm³/mol. The minimum absolute atomic E-state index is 0.0980. The lowest BCUT2D eigenvalue weighted by molar-refractivity contribution is 0.0851. The van der Waals surface area contributed by atoms with E-state index in [9.17, 15) is 0 Å². The molecule has 0 aromatic heterocycles. The zero-order chi connectivity index (χ0) is 15.7. The van der Waals surface area contributed by atoms with Gasteiger partial charge < -0.3 is 28.9 Å². The molecule has 0 saturated carbocycles. The fourth-order valence-electron chi connectivity index (χ4n) is 2.59. The SMILES string of the molecule is COc1c(C[C@H]2CC(CO)=NO2)c(Br)c2c(c1OC)OCO2. The fraction of sp³-hybridized carbons (Fsp3) is 0.500. The van der Waals surface area contributed by atoms with Crippen LogP contribution in [0.4, 0.5) is 0 Å². The van der Waals surface area contributed by atoms with Gasteiger partial charge in [0, 0.05) is 18.4 Å².